The second-order valence-electron chi connectivity index (χ2n) is 3.93. The van der Waals surface area contributed by atoms with E-state index < -0.39 is 11.9 Å². The molecule has 0 aliphatic heterocycles. The van der Waals surface area contributed by atoms with Crippen LogP contribution >= 0.6 is 61.7 Å². The molecule has 0 bridgehead atoms. The Labute approximate surface area is 142 Å². The van der Waals surface area contributed by atoms with Gasteiger partial charge in [0.05, 0.1) is 11.1 Å². The molecule has 0 aromatic heterocycles. The van der Waals surface area contributed by atoms with Gasteiger partial charge in [0.1, 0.15) is 5.82 Å². The van der Waals surface area contributed by atoms with Crippen molar-refractivity contribution in [1.82, 2.24) is 0 Å². The normalized spacial score (nSPS) is 12.5. The minimum Gasteiger partial charge on any atom is -0.320 e. The van der Waals surface area contributed by atoms with E-state index in [1.807, 2.05) is 6.07 Å². The maximum absolute atomic E-state index is 14.0. The van der Waals surface area contributed by atoms with Crippen molar-refractivity contribution in [2.45, 2.75) is 6.04 Å². The van der Waals surface area contributed by atoms with Crippen LogP contribution in [0.15, 0.2) is 34.8 Å². The molecule has 0 radical (unpaired) electrons. The van der Waals surface area contributed by atoms with Gasteiger partial charge in [-0.3, -0.25) is 0 Å². The molecule has 0 aliphatic rings. The zero-order valence-corrected chi connectivity index (χ0v) is 14.7. The minimum atomic E-state index is -0.615. The smallest absolute Gasteiger partial charge is 0.129 e. The molecule has 2 aromatic rings. The maximum atomic E-state index is 14.0. The third kappa shape index (κ3) is 3.42. The van der Waals surface area contributed by atoms with E-state index in [4.69, 9.17) is 28.9 Å². The van der Waals surface area contributed by atoms with Crippen LogP contribution in [0.3, 0.4) is 0 Å². The Bertz CT molecular complexity index is 636. The highest BCUT2D eigenvalue weighted by molar-refractivity contribution is 14.1. The third-order valence-electron chi connectivity index (χ3n) is 2.67. The molecule has 2 aromatic carbocycles. The number of nitrogens with two attached hydrogens (primary N) is 1. The van der Waals surface area contributed by atoms with Gasteiger partial charge in [-0.15, -0.1) is 0 Å². The second-order valence-corrected chi connectivity index (χ2v) is 6.79. The predicted molar refractivity (Wildman–Crippen MR) is 89.3 cm³/mol. The average molecular weight is 475 g/mol. The van der Waals surface area contributed by atoms with E-state index in [1.54, 1.807) is 12.1 Å². The van der Waals surface area contributed by atoms with Crippen molar-refractivity contribution >= 4 is 61.7 Å². The van der Waals surface area contributed by atoms with Gasteiger partial charge in [-0.1, -0.05) is 23.2 Å². The lowest BCUT2D eigenvalue weighted by Crippen LogP contribution is -2.15. The van der Waals surface area contributed by atoms with Crippen molar-refractivity contribution in [2.24, 2.45) is 5.73 Å². The van der Waals surface area contributed by atoms with E-state index in [-0.39, 0.29) is 0 Å². The van der Waals surface area contributed by atoms with Crippen molar-refractivity contribution in [2.75, 3.05) is 0 Å². The van der Waals surface area contributed by atoms with Crippen molar-refractivity contribution in [3.05, 3.63) is 65.4 Å². The number of halogens is 5. The number of rotatable bonds is 2. The number of hydrogen-bond acceptors (Lipinski definition) is 1. The molecule has 0 fully saturated rings. The van der Waals surface area contributed by atoms with Gasteiger partial charge in [0, 0.05) is 18.6 Å². The fourth-order valence-corrected chi connectivity index (χ4v) is 3.04. The van der Waals surface area contributed by atoms with Gasteiger partial charge in [-0.25, -0.2) is 4.39 Å². The Hall–Kier alpha value is 0.120. The van der Waals surface area contributed by atoms with E-state index in [0.717, 1.165) is 9.13 Å². The molecule has 1 nitrogen and oxygen atoms in total. The first-order chi connectivity index (χ1) is 8.90. The van der Waals surface area contributed by atoms with Gasteiger partial charge in [-0.2, -0.15) is 0 Å². The Morgan fingerprint density at radius 3 is 2.53 bits per heavy atom. The lowest BCUT2D eigenvalue weighted by Gasteiger charge is -2.16. The first-order valence-electron chi connectivity index (χ1n) is 5.25. The SMILES string of the molecule is NC(c1cc(Cl)c(Br)cc1F)c1cc(Cl)ccc1I. The summed E-state index contributed by atoms with van der Waals surface area (Å²) in [5.74, 6) is -0.403. The Balaban J connectivity index is 2.52. The summed E-state index contributed by atoms with van der Waals surface area (Å²) < 4.78 is 15.4. The Kier molecular flexibility index (Phi) is 5.11. The standard InChI is InChI=1S/C13H8BrCl2FIN/c14-9-5-11(17)7(4-10(9)16)13(19)8-3-6(15)1-2-12(8)18/h1-5,13H,19H2. The summed E-state index contributed by atoms with van der Waals surface area (Å²) in [6.45, 7) is 0. The van der Waals surface area contributed by atoms with Crippen LogP contribution in [0, 0.1) is 9.39 Å². The largest absolute Gasteiger partial charge is 0.320 e. The van der Waals surface area contributed by atoms with Crippen molar-refractivity contribution in [1.29, 1.82) is 0 Å². The second kappa shape index (κ2) is 6.26. The number of benzene rings is 2. The van der Waals surface area contributed by atoms with Crippen LogP contribution < -0.4 is 5.73 Å². The molecule has 6 heteroatoms. The molecule has 0 saturated carbocycles. The summed E-state index contributed by atoms with van der Waals surface area (Å²) in [6.07, 6.45) is 0. The highest BCUT2D eigenvalue weighted by atomic mass is 127. The van der Waals surface area contributed by atoms with Gasteiger partial charge in [0.25, 0.3) is 0 Å². The molecule has 1 unspecified atom stereocenters. The molecule has 0 aliphatic carbocycles. The van der Waals surface area contributed by atoms with Gasteiger partial charge in [-0.05, 0) is 74.4 Å². The molecule has 0 heterocycles. The molecular weight excluding hydrogens is 467 g/mol. The van der Waals surface area contributed by atoms with Crippen LogP contribution in [-0.4, -0.2) is 0 Å². The molecule has 0 saturated heterocycles. The van der Waals surface area contributed by atoms with E-state index in [2.05, 4.69) is 38.5 Å². The topological polar surface area (TPSA) is 26.0 Å². The Morgan fingerprint density at radius 1 is 1.16 bits per heavy atom. The third-order valence-corrected chi connectivity index (χ3v) is 5.08. The van der Waals surface area contributed by atoms with Crippen LogP contribution in [0.25, 0.3) is 0 Å². The highest BCUT2D eigenvalue weighted by Crippen LogP contribution is 2.32. The summed E-state index contributed by atoms with van der Waals surface area (Å²) in [4.78, 5) is 0. The van der Waals surface area contributed by atoms with E-state index in [9.17, 15) is 4.39 Å². The van der Waals surface area contributed by atoms with E-state index >= 15 is 0 Å². The van der Waals surface area contributed by atoms with Crippen LogP contribution in [0.2, 0.25) is 10.0 Å². The van der Waals surface area contributed by atoms with Crippen molar-refractivity contribution < 1.29 is 4.39 Å². The monoisotopic (exact) mass is 473 g/mol. The van der Waals surface area contributed by atoms with Gasteiger partial charge in [0.2, 0.25) is 0 Å². The molecule has 100 valence electrons. The van der Waals surface area contributed by atoms with Gasteiger partial charge >= 0.3 is 0 Å². The summed E-state index contributed by atoms with van der Waals surface area (Å²) in [7, 11) is 0. The molecule has 0 amide bonds. The minimum absolute atomic E-state index is 0.341. The lowest BCUT2D eigenvalue weighted by molar-refractivity contribution is 0.598. The van der Waals surface area contributed by atoms with Gasteiger partial charge < -0.3 is 5.73 Å². The molecule has 2 N–H and O–H groups in total. The van der Waals surface area contributed by atoms with E-state index in [1.165, 1.54) is 12.1 Å². The highest BCUT2D eigenvalue weighted by Gasteiger charge is 2.18. The molecular formula is C13H8BrCl2FIN. The molecule has 1 atom stereocenters. The van der Waals surface area contributed by atoms with E-state index in [0.29, 0.717) is 20.1 Å². The molecule has 19 heavy (non-hydrogen) atoms. The summed E-state index contributed by atoms with van der Waals surface area (Å²) in [5, 5.41) is 0.985. The molecule has 0 spiro atoms. The molecule has 2 rings (SSSR count). The quantitative estimate of drug-likeness (QED) is 0.448. The van der Waals surface area contributed by atoms with Crippen LogP contribution in [0.4, 0.5) is 4.39 Å². The van der Waals surface area contributed by atoms with Crippen LogP contribution in [-0.2, 0) is 0 Å². The van der Waals surface area contributed by atoms with Crippen LogP contribution in [0.5, 0.6) is 0 Å². The van der Waals surface area contributed by atoms with Crippen LogP contribution in [0.1, 0.15) is 17.2 Å². The predicted octanol–water partition coefficient (Wildman–Crippen LogP) is 5.55. The lowest BCUT2D eigenvalue weighted by atomic mass is 9.99. The average Bonchev–Trinajstić information content (AvgIpc) is 2.36. The van der Waals surface area contributed by atoms with Crippen molar-refractivity contribution in [3.8, 4) is 0 Å². The zero-order chi connectivity index (χ0) is 14.2. The Morgan fingerprint density at radius 2 is 1.84 bits per heavy atom. The summed E-state index contributed by atoms with van der Waals surface area (Å²) in [5.41, 5.74) is 7.24. The fourth-order valence-electron chi connectivity index (χ4n) is 1.70. The fraction of sp³-hybridized carbons (Fsp3) is 0.0769. The zero-order valence-electron chi connectivity index (χ0n) is 9.43. The summed E-state index contributed by atoms with van der Waals surface area (Å²) in [6, 6.07) is 7.58. The van der Waals surface area contributed by atoms with Gasteiger partial charge in [0.15, 0.2) is 0 Å². The number of hydrogen-bond donors (Lipinski definition) is 1. The summed E-state index contributed by atoms with van der Waals surface area (Å²) >= 11 is 17.3. The maximum Gasteiger partial charge on any atom is 0.129 e. The first-order valence-corrected chi connectivity index (χ1v) is 7.88. The first kappa shape index (κ1) is 15.5. The van der Waals surface area contributed by atoms with Crippen molar-refractivity contribution in [3.63, 3.8) is 0 Å².